The maximum Gasteiger partial charge on any atom is 0.303 e. The van der Waals surface area contributed by atoms with Gasteiger partial charge in [-0.1, -0.05) is 75.1 Å². The van der Waals surface area contributed by atoms with Gasteiger partial charge in [0.05, 0.1) is 0 Å². The van der Waals surface area contributed by atoms with Gasteiger partial charge in [-0.25, -0.2) is 0 Å². The molecule has 0 aliphatic heterocycles. The van der Waals surface area contributed by atoms with Crippen LogP contribution in [0.5, 0.6) is 0 Å². The Morgan fingerprint density at radius 3 is 1.62 bits per heavy atom. The molecule has 1 aromatic carbocycles. The van der Waals surface area contributed by atoms with Crippen molar-refractivity contribution < 1.29 is 19.8 Å². The van der Waals surface area contributed by atoms with Gasteiger partial charge in [0, 0.05) is 17.9 Å². The molecule has 0 heterocycles. The quantitative estimate of drug-likeness (QED) is 0.247. The molecule has 0 spiro atoms. The zero-order valence-electron chi connectivity index (χ0n) is 17.6. The van der Waals surface area contributed by atoms with E-state index in [9.17, 15) is 9.59 Å². The Morgan fingerprint density at radius 1 is 0.655 bits per heavy atom. The molecule has 0 radical (unpaired) electrons. The molecule has 0 bridgehead atoms. The second-order valence-electron chi connectivity index (χ2n) is 7.91. The molecule has 2 N–H and O–H groups in total. The van der Waals surface area contributed by atoms with Gasteiger partial charge < -0.3 is 10.2 Å². The number of benzene rings is 1. The van der Waals surface area contributed by atoms with E-state index in [1.54, 1.807) is 0 Å². The predicted molar refractivity (Wildman–Crippen MR) is 119 cm³/mol. The van der Waals surface area contributed by atoms with Crippen LogP contribution in [0.15, 0.2) is 18.2 Å². The van der Waals surface area contributed by atoms with Crippen LogP contribution in [0.2, 0.25) is 5.02 Å². The van der Waals surface area contributed by atoms with Gasteiger partial charge in [-0.15, -0.1) is 0 Å². The Hall–Kier alpha value is -1.55. The molecule has 0 unspecified atom stereocenters. The number of hydrogen-bond acceptors (Lipinski definition) is 2. The molecule has 1 rings (SSSR count). The number of unbranched alkanes of at least 4 members (excludes halogenated alkanes) is 10. The lowest BCUT2D eigenvalue weighted by Gasteiger charge is -2.12. The van der Waals surface area contributed by atoms with Crippen molar-refractivity contribution in [2.75, 3.05) is 0 Å². The van der Waals surface area contributed by atoms with Gasteiger partial charge in [-0.3, -0.25) is 9.59 Å². The largest absolute Gasteiger partial charge is 0.481 e. The third-order valence-electron chi connectivity index (χ3n) is 5.37. The van der Waals surface area contributed by atoms with Crippen LogP contribution in [0.25, 0.3) is 0 Å². The minimum absolute atomic E-state index is 0.283. The predicted octanol–water partition coefficient (Wildman–Crippen LogP) is 7.06. The number of aliphatic carboxylic acids is 2. The fourth-order valence-electron chi connectivity index (χ4n) is 3.70. The molecular weight excluding hydrogens is 388 g/mol. The van der Waals surface area contributed by atoms with E-state index < -0.39 is 11.9 Å². The number of hydrogen-bond donors (Lipinski definition) is 2. The minimum atomic E-state index is -0.700. The first-order valence-electron chi connectivity index (χ1n) is 11.2. The summed E-state index contributed by atoms with van der Waals surface area (Å²) >= 11 is 6.46. The first-order chi connectivity index (χ1) is 14.0. The third kappa shape index (κ3) is 13.3. The fraction of sp³-hybridized carbons (Fsp3) is 0.667. The van der Waals surface area contributed by atoms with E-state index in [0.29, 0.717) is 0 Å². The van der Waals surface area contributed by atoms with Crippen LogP contribution >= 0.6 is 11.6 Å². The number of carboxylic acids is 2. The second-order valence-corrected chi connectivity index (χ2v) is 8.31. The third-order valence-corrected chi connectivity index (χ3v) is 5.72. The van der Waals surface area contributed by atoms with Gasteiger partial charge >= 0.3 is 11.9 Å². The van der Waals surface area contributed by atoms with Crippen LogP contribution in [-0.2, 0) is 22.4 Å². The molecule has 0 aliphatic rings. The second kappa shape index (κ2) is 16.3. The zero-order chi connectivity index (χ0) is 21.3. The molecule has 0 amide bonds. The Bertz CT molecular complexity index is 601. The molecule has 0 saturated carbocycles. The Kier molecular flexibility index (Phi) is 14.3. The van der Waals surface area contributed by atoms with Gasteiger partial charge in [0.15, 0.2) is 0 Å². The van der Waals surface area contributed by atoms with Crippen LogP contribution in [-0.4, -0.2) is 22.2 Å². The van der Waals surface area contributed by atoms with Crippen LogP contribution in [0.1, 0.15) is 101 Å². The first kappa shape index (κ1) is 25.5. The normalized spacial score (nSPS) is 10.9. The van der Waals surface area contributed by atoms with E-state index >= 15 is 0 Å². The highest BCUT2D eigenvalue weighted by atomic mass is 35.5. The van der Waals surface area contributed by atoms with Crippen LogP contribution < -0.4 is 0 Å². The smallest absolute Gasteiger partial charge is 0.303 e. The van der Waals surface area contributed by atoms with Crippen molar-refractivity contribution in [3.63, 3.8) is 0 Å². The summed E-state index contributed by atoms with van der Waals surface area (Å²) in [5, 5.41) is 18.2. The van der Waals surface area contributed by atoms with E-state index in [-0.39, 0.29) is 12.8 Å². The molecule has 0 saturated heterocycles. The van der Waals surface area contributed by atoms with Gasteiger partial charge in [0.2, 0.25) is 0 Å². The number of carbonyl (C=O) groups is 2. The molecule has 0 fully saturated rings. The van der Waals surface area contributed by atoms with Crippen LogP contribution in [0.3, 0.4) is 0 Å². The summed E-state index contributed by atoms with van der Waals surface area (Å²) in [7, 11) is 0. The average molecular weight is 425 g/mol. The highest BCUT2D eigenvalue weighted by Crippen LogP contribution is 2.24. The van der Waals surface area contributed by atoms with Gasteiger partial charge in [0.25, 0.3) is 0 Å². The summed E-state index contributed by atoms with van der Waals surface area (Å²) in [4.78, 5) is 21.0. The minimum Gasteiger partial charge on any atom is -0.481 e. The highest BCUT2D eigenvalue weighted by Gasteiger charge is 2.07. The van der Waals surface area contributed by atoms with Crippen LogP contribution in [0.4, 0.5) is 0 Å². The summed E-state index contributed by atoms with van der Waals surface area (Å²) in [5.41, 5.74) is 2.66. The van der Waals surface area contributed by atoms with Crippen molar-refractivity contribution >= 4 is 23.5 Å². The summed E-state index contributed by atoms with van der Waals surface area (Å²) < 4.78 is 0. The lowest BCUT2D eigenvalue weighted by Crippen LogP contribution is -1.97. The van der Waals surface area contributed by atoms with Crippen molar-refractivity contribution in [1.82, 2.24) is 0 Å². The molecule has 29 heavy (non-hydrogen) atoms. The lowest BCUT2D eigenvalue weighted by atomic mass is 9.96. The zero-order valence-corrected chi connectivity index (χ0v) is 18.4. The van der Waals surface area contributed by atoms with Gasteiger partial charge in [-0.2, -0.15) is 0 Å². The molecule has 1 aromatic rings. The molecule has 164 valence electrons. The monoisotopic (exact) mass is 424 g/mol. The van der Waals surface area contributed by atoms with Crippen molar-refractivity contribution in [2.24, 2.45) is 0 Å². The van der Waals surface area contributed by atoms with E-state index in [2.05, 4.69) is 6.07 Å². The molecule has 4 nitrogen and oxygen atoms in total. The van der Waals surface area contributed by atoms with E-state index in [0.717, 1.165) is 88.5 Å². The molecule has 0 aromatic heterocycles. The topological polar surface area (TPSA) is 74.6 Å². The van der Waals surface area contributed by atoms with Crippen LogP contribution in [0, 0.1) is 0 Å². The molecule has 0 atom stereocenters. The Labute approximate surface area is 180 Å². The first-order valence-corrected chi connectivity index (χ1v) is 11.6. The number of aryl methyl sites for hydroxylation is 1. The van der Waals surface area contributed by atoms with Gasteiger partial charge in [0.1, 0.15) is 0 Å². The summed E-state index contributed by atoms with van der Waals surface area (Å²) in [6, 6.07) is 6.21. The maximum absolute atomic E-state index is 10.5. The number of rotatable bonds is 18. The molecular formula is C24H37ClO4. The standard InChI is InChI=1S/C24H37ClO4/c25-22-17-13-15-20(14-9-5-1-3-7-11-18-23(26)27)21(22)16-10-6-2-4-8-12-19-24(28)29/h13,15,17H,1-12,14,16,18-19H2,(H,26,27)(H,28,29). The Balaban J connectivity index is 2.20. The average Bonchev–Trinajstić information content (AvgIpc) is 2.67. The number of carboxylic acid groups (broad SMARTS) is 2. The fourth-order valence-corrected chi connectivity index (χ4v) is 3.99. The van der Waals surface area contributed by atoms with Crippen molar-refractivity contribution in [2.45, 2.75) is 103 Å². The van der Waals surface area contributed by atoms with Crippen molar-refractivity contribution in [3.05, 3.63) is 34.3 Å². The molecule has 0 aliphatic carbocycles. The summed E-state index contributed by atoms with van der Waals surface area (Å²) in [6.07, 6.45) is 15.4. The van der Waals surface area contributed by atoms with E-state index in [1.165, 1.54) is 17.5 Å². The number of halogens is 1. The van der Waals surface area contributed by atoms with E-state index in [1.807, 2.05) is 12.1 Å². The van der Waals surface area contributed by atoms with Gasteiger partial charge in [-0.05, 0) is 55.7 Å². The highest BCUT2D eigenvalue weighted by molar-refractivity contribution is 6.31. The SMILES string of the molecule is O=C(O)CCCCCCCCc1cccc(Cl)c1CCCCCCCCC(=O)O. The van der Waals surface area contributed by atoms with Crippen molar-refractivity contribution in [1.29, 1.82) is 0 Å². The maximum atomic E-state index is 10.5. The van der Waals surface area contributed by atoms with E-state index in [4.69, 9.17) is 21.8 Å². The Morgan fingerprint density at radius 2 is 1.10 bits per heavy atom. The summed E-state index contributed by atoms with van der Waals surface area (Å²) in [6.45, 7) is 0. The van der Waals surface area contributed by atoms with Crippen molar-refractivity contribution in [3.8, 4) is 0 Å². The summed E-state index contributed by atoms with van der Waals surface area (Å²) in [5.74, 6) is -1.40. The lowest BCUT2D eigenvalue weighted by molar-refractivity contribution is -0.138. The molecule has 5 heteroatoms.